The Bertz CT molecular complexity index is 469. The van der Waals surface area contributed by atoms with Gasteiger partial charge in [-0.25, -0.2) is 0 Å². The molecule has 0 aliphatic rings. The average Bonchev–Trinajstić information content (AvgIpc) is 2.39. The summed E-state index contributed by atoms with van der Waals surface area (Å²) >= 11 is 0. The second kappa shape index (κ2) is 4.61. The Hall–Kier alpha value is -2.10. The summed E-state index contributed by atoms with van der Waals surface area (Å²) in [5.74, 6) is 1.38. The van der Waals surface area contributed by atoms with Crippen molar-refractivity contribution in [1.29, 1.82) is 0 Å². The van der Waals surface area contributed by atoms with Gasteiger partial charge in [-0.15, -0.1) is 0 Å². The van der Waals surface area contributed by atoms with Crippen molar-refractivity contribution >= 4 is 0 Å². The van der Waals surface area contributed by atoms with Crippen molar-refractivity contribution in [2.75, 3.05) is 14.2 Å². The third-order valence-electron chi connectivity index (χ3n) is 2.13. The zero-order valence-electron chi connectivity index (χ0n) is 9.10. The van der Waals surface area contributed by atoms with Gasteiger partial charge < -0.3 is 9.47 Å². The monoisotopic (exact) mass is 215 g/mol. The van der Waals surface area contributed by atoms with Crippen molar-refractivity contribution < 1.29 is 9.47 Å². The molecule has 2 heterocycles. The van der Waals surface area contributed by atoms with Crippen molar-refractivity contribution in [3.63, 3.8) is 0 Å². The summed E-state index contributed by atoms with van der Waals surface area (Å²) in [6.45, 7) is 0. The standard InChI is InChI=1S/C12H11N2O2/c1-15-10-3-4-12(14-8-10)9-5-11(16-2)7-13-6-9/h3,5-8H,1-2H3. The smallest absolute Gasteiger partial charge is 0.137 e. The third-order valence-corrected chi connectivity index (χ3v) is 2.13. The van der Waals surface area contributed by atoms with Crippen LogP contribution in [-0.2, 0) is 0 Å². The first-order valence-electron chi connectivity index (χ1n) is 4.74. The van der Waals surface area contributed by atoms with Gasteiger partial charge >= 0.3 is 0 Å². The van der Waals surface area contributed by atoms with E-state index in [1.165, 1.54) is 0 Å². The maximum atomic E-state index is 5.09. The van der Waals surface area contributed by atoms with Crippen LogP contribution in [0.25, 0.3) is 11.3 Å². The van der Waals surface area contributed by atoms with E-state index >= 15 is 0 Å². The van der Waals surface area contributed by atoms with Crippen molar-refractivity contribution in [2.24, 2.45) is 0 Å². The van der Waals surface area contributed by atoms with Crippen LogP contribution in [0.1, 0.15) is 0 Å². The highest BCUT2D eigenvalue weighted by Gasteiger charge is 2.02. The van der Waals surface area contributed by atoms with Crippen LogP contribution >= 0.6 is 0 Å². The molecule has 2 rings (SSSR count). The van der Waals surface area contributed by atoms with Crippen LogP contribution in [0.4, 0.5) is 0 Å². The highest BCUT2D eigenvalue weighted by molar-refractivity contribution is 5.59. The van der Waals surface area contributed by atoms with E-state index in [0.717, 1.165) is 5.56 Å². The summed E-state index contributed by atoms with van der Waals surface area (Å²) in [5, 5.41) is 0. The topological polar surface area (TPSA) is 44.2 Å². The van der Waals surface area contributed by atoms with E-state index in [4.69, 9.17) is 9.47 Å². The molecule has 0 aromatic carbocycles. The number of hydrogen-bond donors (Lipinski definition) is 0. The fraction of sp³-hybridized carbons (Fsp3) is 0.167. The second-order valence-corrected chi connectivity index (χ2v) is 3.12. The maximum absolute atomic E-state index is 5.09. The number of ether oxygens (including phenoxy) is 2. The molecule has 2 aromatic heterocycles. The lowest BCUT2D eigenvalue weighted by Gasteiger charge is -2.03. The van der Waals surface area contributed by atoms with E-state index in [1.807, 2.05) is 6.07 Å². The van der Waals surface area contributed by atoms with E-state index in [2.05, 4.69) is 16.0 Å². The van der Waals surface area contributed by atoms with Crippen molar-refractivity contribution in [3.05, 3.63) is 36.8 Å². The van der Waals surface area contributed by atoms with E-state index < -0.39 is 0 Å². The minimum Gasteiger partial charge on any atom is -0.495 e. The molecule has 0 spiro atoms. The molecule has 0 fully saturated rings. The summed E-state index contributed by atoms with van der Waals surface area (Å²) < 4.78 is 10.1. The molecule has 2 aromatic rings. The van der Waals surface area contributed by atoms with Gasteiger partial charge in [0, 0.05) is 17.8 Å². The minimum absolute atomic E-state index is 0.680. The lowest BCUT2D eigenvalue weighted by Crippen LogP contribution is -1.89. The lowest BCUT2D eigenvalue weighted by molar-refractivity contribution is 0.412. The average molecular weight is 215 g/mol. The van der Waals surface area contributed by atoms with Crippen LogP contribution in [0.5, 0.6) is 11.5 Å². The zero-order chi connectivity index (χ0) is 11.4. The molecule has 0 N–H and O–H groups in total. The quantitative estimate of drug-likeness (QED) is 0.785. The molecule has 16 heavy (non-hydrogen) atoms. The van der Waals surface area contributed by atoms with Crippen molar-refractivity contribution in [2.45, 2.75) is 0 Å². The van der Waals surface area contributed by atoms with E-state index in [9.17, 15) is 0 Å². The van der Waals surface area contributed by atoms with Crippen LogP contribution in [0.2, 0.25) is 0 Å². The molecule has 4 nitrogen and oxygen atoms in total. The predicted molar refractivity (Wildman–Crippen MR) is 59.4 cm³/mol. The molecular formula is C12H11N2O2. The Balaban J connectivity index is 2.34. The molecule has 0 saturated heterocycles. The molecule has 0 bridgehead atoms. The molecule has 81 valence electrons. The zero-order valence-corrected chi connectivity index (χ0v) is 9.10. The van der Waals surface area contributed by atoms with Crippen molar-refractivity contribution in [3.8, 4) is 22.8 Å². The lowest BCUT2D eigenvalue weighted by atomic mass is 10.2. The van der Waals surface area contributed by atoms with Gasteiger partial charge in [-0.2, -0.15) is 0 Å². The largest absolute Gasteiger partial charge is 0.495 e. The fourth-order valence-electron chi connectivity index (χ4n) is 1.27. The maximum Gasteiger partial charge on any atom is 0.137 e. The summed E-state index contributed by atoms with van der Waals surface area (Å²) in [7, 11) is 3.20. The van der Waals surface area contributed by atoms with Crippen LogP contribution in [0.15, 0.2) is 30.7 Å². The van der Waals surface area contributed by atoms with Crippen molar-refractivity contribution in [1.82, 2.24) is 9.97 Å². The molecule has 0 amide bonds. The molecule has 0 saturated carbocycles. The first kappa shape index (κ1) is 10.4. The van der Waals surface area contributed by atoms with Gasteiger partial charge in [0.2, 0.25) is 0 Å². The first-order chi connectivity index (χ1) is 7.83. The highest BCUT2D eigenvalue weighted by atomic mass is 16.5. The number of nitrogens with zero attached hydrogens (tertiary/aromatic N) is 2. The van der Waals surface area contributed by atoms with Gasteiger partial charge in [0.1, 0.15) is 11.5 Å². The molecule has 0 unspecified atom stereocenters. The van der Waals surface area contributed by atoms with E-state index in [1.54, 1.807) is 38.9 Å². The van der Waals surface area contributed by atoms with Gasteiger partial charge in [0.25, 0.3) is 0 Å². The van der Waals surface area contributed by atoms with Crippen LogP contribution in [0, 0.1) is 6.07 Å². The Morgan fingerprint density at radius 3 is 2.50 bits per heavy atom. The van der Waals surface area contributed by atoms with Gasteiger partial charge in [0.05, 0.1) is 32.3 Å². The third kappa shape index (κ3) is 2.11. The summed E-state index contributed by atoms with van der Waals surface area (Å²) in [6, 6.07) is 6.62. The normalized spacial score (nSPS) is 9.88. The fourth-order valence-corrected chi connectivity index (χ4v) is 1.27. The van der Waals surface area contributed by atoms with Gasteiger partial charge in [-0.05, 0) is 12.1 Å². The molecule has 0 aliphatic heterocycles. The SMILES string of the molecule is COc1c[c]c(-c2cncc(OC)c2)nc1. The Morgan fingerprint density at radius 1 is 1.06 bits per heavy atom. The number of aromatic nitrogens is 2. The summed E-state index contributed by atoms with van der Waals surface area (Å²) in [4.78, 5) is 8.28. The molecule has 0 atom stereocenters. The minimum atomic E-state index is 0.680. The van der Waals surface area contributed by atoms with Crippen LogP contribution < -0.4 is 9.47 Å². The molecule has 4 heteroatoms. The van der Waals surface area contributed by atoms with Gasteiger partial charge in [-0.3, -0.25) is 9.97 Å². The Morgan fingerprint density at radius 2 is 1.88 bits per heavy atom. The Labute approximate surface area is 93.9 Å². The van der Waals surface area contributed by atoms with E-state index in [0.29, 0.717) is 17.2 Å². The highest BCUT2D eigenvalue weighted by Crippen LogP contribution is 2.21. The first-order valence-corrected chi connectivity index (χ1v) is 4.74. The van der Waals surface area contributed by atoms with Crippen LogP contribution in [-0.4, -0.2) is 24.2 Å². The molecular weight excluding hydrogens is 204 g/mol. The number of rotatable bonds is 3. The van der Waals surface area contributed by atoms with Crippen LogP contribution in [0.3, 0.4) is 0 Å². The number of methoxy groups -OCH3 is 2. The summed E-state index contributed by atoms with van der Waals surface area (Å²) in [5.41, 5.74) is 1.58. The number of pyridine rings is 2. The molecule has 1 radical (unpaired) electrons. The summed E-state index contributed by atoms with van der Waals surface area (Å²) in [6.07, 6.45) is 5.01. The van der Waals surface area contributed by atoms with Gasteiger partial charge in [0.15, 0.2) is 0 Å². The molecule has 0 aliphatic carbocycles. The van der Waals surface area contributed by atoms with E-state index in [-0.39, 0.29) is 0 Å². The number of hydrogen-bond acceptors (Lipinski definition) is 4. The predicted octanol–water partition coefficient (Wildman–Crippen LogP) is 1.96. The Kier molecular flexibility index (Phi) is 3.00. The van der Waals surface area contributed by atoms with Gasteiger partial charge in [-0.1, -0.05) is 0 Å². The second-order valence-electron chi connectivity index (χ2n) is 3.12.